The Morgan fingerprint density at radius 3 is 2.18 bits per heavy atom. The average molecular weight is 516 g/mol. The summed E-state index contributed by atoms with van der Waals surface area (Å²) in [6.07, 6.45) is 0. The predicted molar refractivity (Wildman–Crippen MR) is 154 cm³/mol. The number of hydrogen-bond donors (Lipinski definition) is 0. The van der Waals surface area contributed by atoms with Crippen molar-refractivity contribution in [3.63, 3.8) is 0 Å². The van der Waals surface area contributed by atoms with Gasteiger partial charge in [0.15, 0.2) is 5.78 Å². The number of carbonyl (C=O) groups excluding carboxylic acids is 1. The van der Waals surface area contributed by atoms with Gasteiger partial charge >= 0.3 is 0 Å². The van der Waals surface area contributed by atoms with Crippen LogP contribution in [0.15, 0.2) is 66.7 Å². The standard InChI is InChI=1S/C33H29N3O3/c1-19-7-11-24(12-8-19)36-21(3)33(22(4)37)28-17-32(39-6)27(16-31(28)36)30-15-26(29(18-34)20(2)35-30)23-9-13-25(38-5)14-10-23/h7-17H,1-6H3. The van der Waals surface area contributed by atoms with Crippen LogP contribution in [-0.4, -0.2) is 29.6 Å². The molecule has 0 fully saturated rings. The van der Waals surface area contributed by atoms with Crippen LogP contribution in [0.4, 0.5) is 0 Å². The Bertz CT molecular complexity index is 1770. The van der Waals surface area contributed by atoms with Crippen LogP contribution in [0, 0.1) is 32.1 Å². The van der Waals surface area contributed by atoms with Gasteiger partial charge in [0, 0.05) is 33.5 Å². The molecule has 0 amide bonds. The fraction of sp³-hybridized carbons (Fsp3) is 0.182. The fourth-order valence-corrected chi connectivity index (χ4v) is 5.23. The van der Waals surface area contributed by atoms with Gasteiger partial charge in [-0.15, -0.1) is 0 Å². The molecule has 0 radical (unpaired) electrons. The maximum Gasteiger partial charge on any atom is 0.162 e. The highest BCUT2D eigenvalue weighted by Gasteiger charge is 2.23. The van der Waals surface area contributed by atoms with Gasteiger partial charge in [-0.2, -0.15) is 5.26 Å². The minimum Gasteiger partial charge on any atom is -0.497 e. The summed E-state index contributed by atoms with van der Waals surface area (Å²) in [5.41, 5.74) is 8.78. The topological polar surface area (TPSA) is 77.1 Å². The van der Waals surface area contributed by atoms with Crippen molar-refractivity contribution in [2.75, 3.05) is 14.2 Å². The van der Waals surface area contributed by atoms with Crippen molar-refractivity contribution in [1.82, 2.24) is 9.55 Å². The van der Waals surface area contributed by atoms with E-state index in [1.54, 1.807) is 21.1 Å². The lowest BCUT2D eigenvalue weighted by Gasteiger charge is -2.15. The Labute approximate surface area is 228 Å². The minimum absolute atomic E-state index is 0.00713. The molecule has 0 aliphatic heterocycles. The van der Waals surface area contributed by atoms with E-state index in [1.807, 2.05) is 63.2 Å². The van der Waals surface area contributed by atoms with Crippen LogP contribution < -0.4 is 9.47 Å². The van der Waals surface area contributed by atoms with E-state index < -0.39 is 0 Å². The normalized spacial score (nSPS) is 10.9. The summed E-state index contributed by atoms with van der Waals surface area (Å²) in [5, 5.41) is 10.8. The van der Waals surface area contributed by atoms with E-state index >= 15 is 0 Å². The van der Waals surface area contributed by atoms with Gasteiger partial charge in [0.25, 0.3) is 0 Å². The maximum absolute atomic E-state index is 12.8. The smallest absolute Gasteiger partial charge is 0.162 e. The highest BCUT2D eigenvalue weighted by molar-refractivity contribution is 6.10. The Hall–Kier alpha value is -4.89. The van der Waals surface area contributed by atoms with E-state index in [1.165, 1.54) is 0 Å². The largest absolute Gasteiger partial charge is 0.497 e. The van der Waals surface area contributed by atoms with E-state index in [4.69, 9.17) is 14.5 Å². The lowest BCUT2D eigenvalue weighted by atomic mass is 9.96. The molecule has 0 aliphatic carbocycles. The summed E-state index contributed by atoms with van der Waals surface area (Å²) in [7, 11) is 3.24. The van der Waals surface area contributed by atoms with Gasteiger partial charge < -0.3 is 14.0 Å². The third-order valence-electron chi connectivity index (χ3n) is 7.16. The van der Waals surface area contributed by atoms with Gasteiger partial charge in [0.2, 0.25) is 0 Å². The Morgan fingerprint density at radius 1 is 0.897 bits per heavy atom. The number of ketones is 1. The number of rotatable bonds is 6. The summed E-state index contributed by atoms with van der Waals surface area (Å²) in [5.74, 6) is 1.33. The van der Waals surface area contributed by atoms with Crippen molar-refractivity contribution in [2.45, 2.75) is 27.7 Å². The first-order valence-electron chi connectivity index (χ1n) is 12.6. The second kappa shape index (κ2) is 10.1. The van der Waals surface area contributed by atoms with Gasteiger partial charge in [-0.25, -0.2) is 0 Å². The number of aromatic nitrogens is 2. The lowest BCUT2D eigenvalue weighted by Crippen LogP contribution is -2.00. The van der Waals surface area contributed by atoms with Gasteiger partial charge in [-0.3, -0.25) is 9.78 Å². The quantitative estimate of drug-likeness (QED) is 0.221. The minimum atomic E-state index is -0.00713. The SMILES string of the molecule is COc1ccc(-c2cc(-c3cc4c(cc3OC)c(C(C)=O)c(C)n4-c3ccc(C)cc3)nc(C)c2C#N)cc1. The van der Waals surface area contributed by atoms with Gasteiger partial charge in [-0.1, -0.05) is 29.8 Å². The number of Topliss-reactive ketones (excluding diaryl/α,β-unsaturated/α-hetero) is 1. The van der Waals surface area contributed by atoms with Crippen LogP contribution in [0.25, 0.3) is 39.0 Å². The zero-order chi connectivity index (χ0) is 27.8. The number of pyridine rings is 1. The highest BCUT2D eigenvalue weighted by Crippen LogP contribution is 2.40. The zero-order valence-electron chi connectivity index (χ0n) is 22.9. The summed E-state index contributed by atoms with van der Waals surface area (Å²) >= 11 is 0. The molecular weight excluding hydrogens is 486 g/mol. The number of nitriles is 1. The fourth-order valence-electron chi connectivity index (χ4n) is 5.23. The molecule has 39 heavy (non-hydrogen) atoms. The number of hydrogen-bond acceptors (Lipinski definition) is 5. The molecule has 5 aromatic rings. The summed E-state index contributed by atoms with van der Waals surface area (Å²) in [6.45, 7) is 7.45. The van der Waals surface area contributed by atoms with Crippen LogP contribution in [0.1, 0.15) is 39.8 Å². The Balaban J connectivity index is 1.81. The van der Waals surface area contributed by atoms with Gasteiger partial charge in [0.05, 0.1) is 36.7 Å². The molecule has 0 N–H and O–H groups in total. The summed E-state index contributed by atoms with van der Waals surface area (Å²) < 4.78 is 13.3. The number of nitrogens with zero attached hydrogens (tertiary/aromatic N) is 3. The number of ether oxygens (including phenoxy) is 2. The van der Waals surface area contributed by atoms with E-state index in [0.717, 1.165) is 50.3 Å². The number of benzene rings is 3. The van der Waals surface area contributed by atoms with Crippen molar-refractivity contribution >= 4 is 16.7 Å². The Kier molecular flexibility index (Phi) is 6.67. The molecule has 6 heteroatoms. The molecule has 3 aromatic carbocycles. The third-order valence-corrected chi connectivity index (χ3v) is 7.16. The van der Waals surface area contributed by atoms with Crippen molar-refractivity contribution in [3.8, 4) is 45.6 Å². The first kappa shape index (κ1) is 25.7. The number of carbonyl (C=O) groups is 1. The molecule has 5 rings (SSSR count). The molecule has 0 atom stereocenters. The summed E-state index contributed by atoms with van der Waals surface area (Å²) in [6, 6.07) is 24.0. The first-order chi connectivity index (χ1) is 18.8. The van der Waals surface area contributed by atoms with Crippen LogP contribution in [0.2, 0.25) is 0 Å². The van der Waals surface area contributed by atoms with E-state index in [-0.39, 0.29) is 5.78 Å². The highest BCUT2D eigenvalue weighted by atomic mass is 16.5. The van der Waals surface area contributed by atoms with Gasteiger partial charge in [-0.05, 0) is 75.7 Å². The third kappa shape index (κ3) is 4.42. The molecule has 0 unspecified atom stereocenters. The van der Waals surface area contributed by atoms with Crippen molar-refractivity contribution < 1.29 is 14.3 Å². The predicted octanol–water partition coefficient (Wildman–Crippen LogP) is 7.38. The van der Waals surface area contributed by atoms with Crippen LogP contribution in [-0.2, 0) is 0 Å². The molecule has 0 spiro atoms. The van der Waals surface area contributed by atoms with Gasteiger partial charge in [0.1, 0.15) is 17.6 Å². The monoisotopic (exact) mass is 515 g/mol. The molecule has 194 valence electrons. The molecule has 2 heterocycles. The van der Waals surface area contributed by atoms with Crippen molar-refractivity contribution in [1.29, 1.82) is 5.26 Å². The second-order valence-electron chi connectivity index (χ2n) is 9.61. The summed E-state index contributed by atoms with van der Waals surface area (Å²) in [4.78, 5) is 17.6. The molecule has 0 bridgehead atoms. The van der Waals surface area contributed by atoms with Crippen LogP contribution in [0.3, 0.4) is 0 Å². The zero-order valence-corrected chi connectivity index (χ0v) is 22.9. The second-order valence-corrected chi connectivity index (χ2v) is 9.61. The van der Waals surface area contributed by atoms with E-state index in [2.05, 4.69) is 34.9 Å². The lowest BCUT2D eigenvalue weighted by molar-refractivity contribution is 0.101. The molecule has 0 saturated heterocycles. The average Bonchev–Trinajstić information content (AvgIpc) is 3.23. The molecule has 2 aromatic heterocycles. The number of fused-ring (bicyclic) bond motifs is 1. The molecule has 6 nitrogen and oxygen atoms in total. The number of aryl methyl sites for hydroxylation is 2. The van der Waals surface area contributed by atoms with Crippen molar-refractivity contribution in [3.05, 3.63) is 94.8 Å². The first-order valence-corrected chi connectivity index (χ1v) is 12.6. The molecule has 0 saturated carbocycles. The maximum atomic E-state index is 12.8. The number of methoxy groups -OCH3 is 2. The van der Waals surface area contributed by atoms with E-state index in [0.29, 0.717) is 28.3 Å². The van der Waals surface area contributed by atoms with Crippen molar-refractivity contribution in [2.24, 2.45) is 0 Å². The van der Waals surface area contributed by atoms with Crippen LogP contribution >= 0.6 is 0 Å². The Morgan fingerprint density at radius 2 is 1.59 bits per heavy atom. The molecule has 0 aliphatic rings. The molecular formula is C33H29N3O3. The van der Waals surface area contributed by atoms with E-state index in [9.17, 15) is 10.1 Å². The van der Waals surface area contributed by atoms with Crippen LogP contribution in [0.5, 0.6) is 11.5 Å².